The van der Waals surface area contributed by atoms with Crippen molar-refractivity contribution in [3.8, 4) is 0 Å². The van der Waals surface area contributed by atoms with Crippen LogP contribution in [0.2, 0.25) is 0 Å². The summed E-state index contributed by atoms with van der Waals surface area (Å²) in [7, 11) is -3.54. The molecule has 1 N–H and O–H groups in total. The van der Waals surface area contributed by atoms with Gasteiger partial charge in [0, 0.05) is 25.8 Å². The van der Waals surface area contributed by atoms with Crippen LogP contribution < -0.4 is 4.72 Å². The van der Waals surface area contributed by atoms with Gasteiger partial charge in [-0.2, -0.15) is 0 Å². The summed E-state index contributed by atoms with van der Waals surface area (Å²) >= 11 is 1.44. The van der Waals surface area contributed by atoms with Crippen molar-refractivity contribution in [1.82, 2.24) is 14.6 Å². The maximum absolute atomic E-state index is 13.2. The zero-order chi connectivity index (χ0) is 20.9. The van der Waals surface area contributed by atoms with Crippen molar-refractivity contribution < 1.29 is 17.6 Å². The standard InChI is InChI=1S/C20H24FN3O3S2/c1-28-19-18(6-3-9-22-19)20(25)24-10-7-15(8-11-24)13-23-29(26,27)14-16-4-2-5-17(21)12-16/h2-6,9,12,15,23H,7-8,10-11,13-14H2,1H3. The molecule has 6 nitrogen and oxygen atoms in total. The quantitative estimate of drug-likeness (QED) is 0.674. The molecule has 0 unspecified atom stereocenters. The molecule has 2 aromatic rings. The Balaban J connectivity index is 1.50. The van der Waals surface area contributed by atoms with Gasteiger partial charge in [0.05, 0.1) is 11.3 Å². The Kier molecular flexibility index (Phi) is 7.26. The number of benzene rings is 1. The molecule has 1 fully saturated rings. The van der Waals surface area contributed by atoms with Gasteiger partial charge in [-0.25, -0.2) is 22.5 Å². The maximum Gasteiger partial charge on any atom is 0.256 e. The molecule has 29 heavy (non-hydrogen) atoms. The molecule has 1 saturated heterocycles. The van der Waals surface area contributed by atoms with E-state index in [4.69, 9.17) is 0 Å². The number of amides is 1. The summed E-state index contributed by atoms with van der Waals surface area (Å²) in [6.07, 6.45) is 5.01. The number of carbonyl (C=O) groups excluding carboxylic acids is 1. The number of halogens is 1. The predicted octanol–water partition coefficient (Wildman–Crippen LogP) is 2.91. The number of carbonyl (C=O) groups is 1. The number of rotatable bonds is 7. The number of aromatic nitrogens is 1. The van der Waals surface area contributed by atoms with E-state index in [1.807, 2.05) is 6.26 Å². The lowest BCUT2D eigenvalue weighted by Crippen LogP contribution is -2.41. The zero-order valence-corrected chi connectivity index (χ0v) is 17.8. The van der Waals surface area contributed by atoms with Crippen molar-refractivity contribution >= 4 is 27.7 Å². The van der Waals surface area contributed by atoms with Gasteiger partial charge in [0.2, 0.25) is 10.0 Å². The van der Waals surface area contributed by atoms with Crippen LogP contribution in [0, 0.1) is 11.7 Å². The van der Waals surface area contributed by atoms with Gasteiger partial charge in [0.1, 0.15) is 10.8 Å². The predicted molar refractivity (Wildman–Crippen MR) is 112 cm³/mol. The summed E-state index contributed by atoms with van der Waals surface area (Å²) in [4.78, 5) is 18.8. The first-order valence-corrected chi connectivity index (χ1v) is 12.3. The highest BCUT2D eigenvalue weighted by molar-refractivity contribution is 7.98. The van der Waals surface area contributed by atoms with E-state index in [0.29, 0.717) is 35.8 Å². The SMILES string of the molecule is CSc1ncccc1C(=O)N1CCC(CNS(=O)(=O)Cc2cccc(F)c2)CC1. The topological polar surface area (TPSA) is 79.4 Å². The van der Waals surface area contributed by atoms with Crippen molar-refractivity contribution in [3.05, 3.63) is 59.5 Å². The minimum Gasteiger partial charge on any atom is -0.339 e. The summed E-state index contributed by atoms with van der Waals surface area (Å²) in [6, 6.07) is 9.14. The number of nitrogens with one attached hydrogen (secondary N) is 1. The fourth-order valence-electron chi connectivity index (χ4n) is 3.37. The number of likely N-dealkylation sites (tertiary alicyclic amines) is 1. The molecule has 0 atom stereocenters. The van der Waals surface area contributed by atoms with E-state index in [-0.39, 0.29) is 17.6 Å². The van der Waals surface area contributed by atoms with Gasteiger partial charge in [-0.05, 0) is 54.8 Å². The highest BCUT2D eigenvalue weighted by Crippen LogP contribution is 2.23. The molecule has 0 saturated carbocycles. The number of hydrogen-bond donors (Lipinski definition) is 1. The Morgan fingerprint density at radius 2 is 2.03 bits per heavy atom. The van der Waals surface area contributed by atoms with Crippen molar-refractivity contribution in [2.24, 2.45) is 5.92 Å². The molecule has 1 aliphatic rings. The average Bonchev–Trinajstić information content (AvgIpc) is 2.72. The second kappa shape index (κ2) is 9.69. The number of nitrogens with zero attached hydrogens (tertiary/aromatic N) is 2. The Hall–Kier alpha value is -1.97. The van der Waals surface area contributed by atoms with Crippen molar-refractivity contribution in [1.29, 1.82) is 0 Å². The molecule has 3 rings (SSSR count). The zero-order valence-electron chi connectivity index (χ0n) is 16.2. The van der Waals surface area contributed by atoms with Gasteiger partial charge in [-0.3, -0.25) is 4.79 Å². The van der Waals surface area contributed by atoms with Crippen molar-refractivity contribution in [2.75, 3.05) is 25.9 Å². The van der Waals surface area contributed by atoms with E-state index in [2.05, 4.69) is 9.71 Å². The molecule has 1 aliphatic heterocycles. The molecule has 9 heteroatoms. The summed E-state index contributed by atoms with van der Waals surface area (Å²) in [5.74, 6) is -0.573. The van der Waals surface area contributed by atoms with Crippen LogP contribution in [-0.4, -0.2) is 50.1 Å². The third-order valence-corrected chi connectivity index (χ3v) is 6.97. The van der Waals surface area contributed by atoms with Crippen LogP contribution in [0.25, 0.3) is 0 Å². The van der Waals surface area contributed by atoms with Crippen molar-refractivity contribution in [2.45, 2.75) is 23.6 Å². The fourth-order valence-corrected chi connectivity index (χ4v) is 5.12. The molecule has 1 amide bonds. The van der Waals surface area contributed by atoms with Crippen LogP contribution in [0.4, 0.5) is 4.39 Å². The summed E-state index contributed by atoms with van der Waals surface area (Å²) < 4.78 is 40.4. The maximum atomic E-state index is 13.2. The lowest BCUT2D eigenvalue weighted by atomic mass is 9.97. The molecule has 0 bridgehead atoms. The highest BCUT2D eigenvalue weighted by atomic mass is 32.2. The summed E-state index contributed by atoms with van der Waals surface area (Å²) in [6.45, 7) is 1.48. The van der Waals surface area contributed by atoms with Gasteiger partial charge < -0.3 is 4.90 Å². The van der Waals surface area contributed by atoms with Gasteiger partial charge >= 0.3 is 0 Å². The number of pyridine rings is 1. The first kappa shape index (κ1) is 21.7. The number of sulfonamides is 1. The number of thioether (sulfide) groups is 1. The van der Waals surface area contributed by atoms with Gasteiger partial charge in [-0.1, -0.05) is 12.1 Å². The average molecular weight is 438 g/mol. The van der Waals surface area contributed by atoms with E-state index < -0.39 is 15.8 Å². The van der Waals surface area contributed by atoms with Crippen LogP contribution in [0.15, 0.2) is 47.6 Å². The van der Waals surface area contributed by atoms with Gasteiger partial charge in [-0.15, -0.1) is 11.8 Å². The Morgan fingerprint density at radius 1 is 1.28 bits per heavy atom. The van der Waals surface area contributed by atoms with E-state index in [1.54, 1.807) is 29.3 Å². The monoisotopic (exact) mass is 437 g/mol. The van der Waals surface area contributed by atoms with Crippen LogP contribution in [0.1, 0.15) is 28.8 Å². The molecule has 1 aromatic carbocycles. The van der Waals surface area contributed by atoms with Gasteiger partial charge in [0.15, 0.2) is 0 Å². The third-order valence-electron chi connectivity index (χ3n) is 4.93. The van der Waals surface area contributed by atoms with Crippen LogP contribution >= 0.6 is 11.8 Å². The largest absolute Gasteiger partial charge is 0.339 e. The molecule has 0 aliphatic carbocycles. The lowest BCUT2D eigenvalue weighted by molar-refractivity contribution is 0.0687. The Morgan fingerprint density at radius 3 is 2.72 bits per heavy atom. The van der Waals surface area contributed by atoms with Crippen LogP contribution in [0.3, 0.4) is 0 Å². The normalized spacial score (nSPS) is 15.4. The summed E-state index contributed by atoms with van der Waals surface area (Å²) in [5, 5.41) is 0.713. The first-order chi connectivity index (χ1) is 13.9. The van der Waals surface area contributed by atoms with E-state index in [9.17, 15) is 17.6 Å². The minimum absolute atomic E-state index is 0.0346. The highest BCUT2D eigenvalue weighted by Gasteiger charge is 2.26. The van der Waals surface area contributed by atoms with Crippen molar-refractivity contribution in [3.63, 3.8) is 0 Å². The van der Waals surface area contributed by atoms with Gasteiger partial charge in [0.25, 0.3) is 5.91 Å². The molecular formula is C20H24FN3O3S2. The second-order valence-corrected chi connectivity index (χ2v) is 9.64. The first-order valence-electron chi connectivity index (χ1n) is 9.38. The molecule has 0 radical (unpaired) electrons. The third kappa shape index (κ3) is 6.01. The molecule has 1 aromatic heterocycles. The van der Waals surface area contributed by atoms with E-state index >= 15 is 0 Å². The molecule has 0 spiro atoms. The summed E-state index contributed by atoms with van der Waals surface area (Å²) in [5.41, 5.74) is 1.02. The smallest absolute Gasteiger partial charge is 0.256 e. The number of hydrogen-bond acceptors (Lipinski definition) is 5. The Bertz CT molecular complexity index is 961. The number of piperidine rings is 1. The fraction of sp³-hybridized carbons (Fsp3) is 0.400. The second-order valence-electron chi connectivity index (χ2n) is 7.03. The Labute approximate surface area is 175 Å². The van der Waals surface area contributed by atoms with Crippen LogP contribution in [0.5, 0.6) is 0 Å². The molecular weight excluding hydrogens is 413 g/mol. The minimum atomic E-state index is -3.54. The molecule has 156 valence electrons. The lowest BCUT2D eigenvalue weighted by Gasteiger charge is -2.32. The van der Waals surface area contributed by atoms with E-state index in [1.165, 1.54) is 30.0 Å². The van der Waals surface area contributed by atoms with Crippen LogP contribution in [-0.2, 0) is 15.8 Å². The van der Waals surface area contributed by atoms with E-state index in [0.717, 1.165) is 12.8 Å². The molecule has 2 heterocycles.